The van der Waals surface area contributed by atoms with Crippen LogP contribution in [0.3, 0.4) is 0 Å². The SMILES string of the molecule is NC(=NC(=O)c1cnc(Cl)cn1)C1(c2ccc(-c3cnc(N)nc3)cc2)CCC1. The van der Waals surface area contributed by atoms with E-state index in [4.69, 9.17) is 23.1 Å². The molecule has 1 aliphatic rings. The zero-order valence-corrected chi connectivity index (χ0v) is 16.2. The Morgan fingerprint density at radius 1 is 0.966 bits per heavy atom. The minimum absolute atomic E-state index is 0.102. The molecule has 29 heavy (non-hydrogen) atoms. The zero-order valence-electron chi connectivity index (χ0n) is 15.4. The van der Waals surface area contributed by atoms with E-state index in [9.17, 15) is 4.79 Å². The third-order valence-corrected chi connectivity index (χ3v) is 5.40. The first-order valence-corrected chi connectivity index (χ1v) is 9.41. The van der Waals surface area contributed by atoms with Crippen molar-refractivity contribution in [2.45, 2.75) is 24.7 Å². The highest BCUT2D eigenvalue weighted by Crippen LogP contribution is 2.44. The zero-order chi connectivity index (χ0) is 20.4. The number of hydrogen-bond donors (Lipinski definition) is 2. The predicted octanol–water partition coefficient (Wildman–Crippen LogP) is 2.79. The van der Waals surface area contributed by atoms with Gasteiger partial charge in [-0.25, -0.2) is 19.9 Å². The Kier molecular flexibility index (Phi) is 4.94. The largest absolute Gasteiger partial charge is 0.386 e. The number of benzene rings is 1. The highest BCUT2D eigenvalue weighted by molar-refractivity contribution is 6.29. The monoisotopic (exact) mass is 407 g/mol. The fourth-order valence-electron chi connectivity index (χ4n) is 3.39. The van der Waals surface area contributed by atoms with Crippen molar-refractivity contribution in [3.63, 3.8) is 0 Å². The molecule has 2 aromatic heterocycles. The summed E-state index contributed by atoms with van der Waals surface area (Å²) in [5.41, 5.74) is 14.3. The number of hydrogen-bond acceptors (Lipinski definition) is 6. The van der Waals surface area contributed by atoms with E-state index >= 15 is 0 Å². The van der Waals surface area contributed by atoms with Crippen LogP contribution in [0.5, 0.6) is 0 Å². The van der Waals surface area contributed by atoms with Gasteiger partial charge < -0.3 is 11.5 Å². The van der Waals surface area contributed by atoms with Crippen LogP contribution in [0.25, 0.3) is 11.1 Å². The minimum Gasteiger partial charge on any atom is -0.386 e. The molecule has 1 fully saturated rings. The molecule has 2 heterocycles. The predicted molar refractivity (Wildman–Crippen MR) is 110 cm³/mol. The van der Waals surface area contributed by atoms with Crippen molar-refractivity contribution in [2.75, 3.05) is 5.73 Å². The summed E-state index contributed by atoms with van der Waals surface area (Å²) in [5.74, 6) is -0.0135. The van der Waals surface area contributed by atoms with E-state index in [-0.39, 0.29) is 22.6 Å². The van der Waals surface area contributed by atoms with Gasteiger partial charge >= 0.3 is 0 Å². The van der Waals surface area contributed by atoms with Crippen molar-refractivity contribution in [3.05, 3.63) is 65.5 Å². The van der Waals surface area contributed by atoms with E-state index in [0.29, 0.717) is 0 Å². The number of aliphatic imine (C=N–C) groups is 1. The van der Waals surface area contributed by atoms with Gasteiger partial charge in [0.15, 0.2) is 0 Å². The van der Waals surface area contributed by atoms with Crippen molar-refractivity contribution < 1.29 is 4.79 Å². The summed E-state index contributed by atoms with van der Waals surface area (Å²) in [7, 11) is 0. The first-order chi connectivity index (χ1) is 14.0. The molecule has 0 spiro atoms. The summed E-state index contributed by atoms with van der Waals surface area (Å²) in [6, 6.07) is 7.95. The summed E-state index contributed by atoms with van der Waals surface area (Å²) in [6.07, 6.45) is 8.62. The third kappa shape index (κ3) is 3.66. The number of rotatable bonds is 4. The number of halogens is 1. The maximum absolute atomic E-state index is 12.4. The Hall–Kier alpha value is -3.39. The first-order valence-electron chi connectivity index (χ1n) is 9.03. The Morgan fingerprint density at radius 2 is 1.66 bits per heavy atom. The molecule has 0 unspecified atom stereocenters. The number of nitrogens with zero attached hydrogens (tertiary/aromatic N) is 5. The molecular weight excluding hydrogens is 390 g/mol. The van der Waals surface area contributed by atoms with Crippen LogP contribution >= 0.6 is 11.6 Å². The molecule has 4 rings (SSSR count). The summed E-state index contributed by atoms with van der Waals surface area (Å²) in [4.78, 5) is 32.4. The van der Waals surface area contributed by atoms with Crippen LogP contribution in [0.4, 0.5) is 5.95 Å². The minimum atomic E-state index is -0.534. The molecule has 4 N–H and O–H groups in total. The normalized spacial score (nSPS) is 15.6. The molecule has 0 saturated heterocycles. The maximum Gasteiger partial charge on any atom is 0.298 e. The average Bonchev–Trinajstić information content (AvgIpc) is 2.69. The van der Waals surface area contributed by atoms with E-state index in [1.165, 1.54) is 12.4 Å². The summed E-state index contributed by atoms with van der Waals surface area (Å²) < 4.78 is 0. The number of nitrogen functional groups attached to an aromatic ring is 1. The molecule has 0 bridgehead atoms. The molecule has 1 saturated carbocycles. The van der Waals surface area contributed by atoms with E-state index in [0.717, 1.165) is 36.0 Å². The molecule has 0 atom stereocenters. The van der Waals surface area contributed by atoms with Crippen LogP contribution in [0.15, 0.2) is 54.0 Å². The second-order valence-electron chi connectivity index (χ2n) is 6.87. The molecule has 1 aromatic carbocycles. The Bertz CT molecular complexity index is 1060. The van der Waals surface area contributed by atoms with Crippen LogP contribution in [-0.4, -0.2) is 31.7 Å². The van der Waals surface area contributed by atoms with Crippen molar-refractivity contribution in [3.8, 4) is 11.1 Å². The number of amides is 1. The Labute approximate surface area is 172 Å². The fourth-order valence-corrected chi connectivity index (χ4v) is 3.49. The lowest BCUT2D eigenvalue weighted by Gasteiger charge is -2.41. The molecule has 0 radical (unpaired) electrons. The first kappa shape index (κ1) is 18.9. The van der Waals surface area contributed by atoms with Gasteiger partial charge in [-0.05, 0) is 24.0 Å². The van der Waals surface area contributed by atoms with Gasteiger partial charge in [-0.2, -0.15) is 4.99 Å². The van der Waals surface area contributed by atoms with Crippen LogP contribution in [-0.2, 0) is 5.41 Å². The lowest BCUT2D eigenvalue weighted by Crippen LogP contribution is -2.47. The van der Waals surface area contributed by atoms with Crippen molar-refractivity contribution in [2.24, 2.45) is 10.7 Å². The molecule has 8 nitrogen and oxygen atoms in total. The average molecular weight is 408 g/mol. The van der Waals surface area contributed by atoms with Gasteiger partial charge in [0.1, 0.15) is 16.7 Å². The van der Waals surface area contributed by atoms with Crippen LogP contribution < -0.4 is 11.5 Å². The molecule has 9 heteroatoms. The van der Waals surface area contributed by atoms with Gasteiger partial charge in [-0.1, -0.05) is 42.3 Å². The smallest absolute Gasteiger partial charge is 0.298 e. The molecule has 1 aliphatic carbocycles. The highest BCUT2D eigenvalue weighted by atomic mass is 35.5. The quantitative estimate of drug-likeness (QED) is 0.501. The Morgan fingerprint density at radius 3 is 2.21 bits per heavy atom. The van der Waals surface area contributed by atoms with Crippen molar-refractivity contribution >= 4 is 29.3 Å². The van der Waals surface area contributed by atoms with Gasteiger partial charge in [0.05, 0.1) is 17.8 Å². The van der Waals surface area contributed by atoms with Gasteiger partial charge in [-0.3, -0.25) is 4.79 Å². The molecule has 1 amide bonds. The maximum atomic E-state index is 12.4. The summed E-state index contributed by atoms with van der Waals surface area (Å²) in [6.45, 7) is 0. The number of carbonyl (C=O) groups excluding carboxylic acids is 1. The lowest BCUT2D eigenvalue weighted by atomic mass is 9.63. The van der Waals surface area contributed by atoms with Gasteiger partial charge in [0, 0.05) is 18.0 Å². The molecule has 0 aliphatic heterocycles. The summed E-state index contributed by atoms with van der Waals surface area (Å²) >= 11 is 5.71. The van der Waals surface area contributed by atoms with Crippen LogP contribution in [0, 0.1) is 0 Å². The standard InChI is InChI=1S/C20H18ClN7O/c21-16-11-24-15(10-25-16)17(29)28-18(22)20(6-1-7-20)14-4-2-12(3-5-14)13-8-26-19(23)27-9-13/h2-5,8-11H,1,6-7H2,(H2,22,28,29)(H2,23,26,27). The van der Waals surface area contributed by atoms with Gasteiger partial charge in [0.25, 0.3) is 5.91 Å². The van der Waals surface area contributed by atoms with E-state index in [1.54, 1.807) is 12.4 Å². The second-order valence-corrected chi connectivity index (χ2v) is 7.26. The Balaban J connectivity index is 1.60. The number of carbonyl (C=O) groups is 1. The van der Waals surface area contributed by atoms with Crippen molar-refractivity contribution in [1.29, 1.82) is 0 Å². The van der Waals surface area contributed by atoms with Crippen LogP contribution in [0.1, 0.15) is 35.3 Å². The van der Waals surface area contributed by atoms with E-state index < -0.39 is 11.3 Å². The fraction of sp³-hybridized carbons (Fsp3) is 0.200. The third-order valence-electron chi connectivity index (χ3n) is 5.20. The molecular formula is C20H18ClN7O. The van der Waals surface area contributed by atoms with E-state index in [2.05, 4.69) is 24.9 Å². The number of nitrogens with two attached hydrogens (primary N) is 2. The van der Waals surface area contributed by atoms with Gasteiger partial charge in [-0.15, -0.1) is 0 Å². The highest BCUT2D eigenvalue weighted by Gasteiger charge is 2.42. The molecule has 3 aromatic rings. The number of aromatic nitrogens is 4. The van der Waals surface area contributed by atoms with Gasteiger partial charge in [0.2, 0.25) is 5.95 Å². The van der Waals surface area contributed by atoms with Crippen LogP contribution in [0.2, 0.25) is 5.15 Å². The lowest BCUT2D eigenvalue weighted by molar-refractivity contribution is 0.0996. The van der Waals surface area contributed by atoms with E-state index in [1.807, 2.05) is 24.3 Å². The second kappa shape index (κ2) is 7.56. The van der Waals surface area contributed by atoms with Crippen molar-refractivity contribution in [1.82, 2.24) is 19.9 Å². The molecule has 146 valence electrons. The number of amidine groups is 1. The topological polar surface area (TPSA) is 133 Å². The number of anilines is 1. The summed E-state index contributed by atoms with van der Waals surface area (Å²) in [5, 5.41) is 0.209.